The number of carbonyl (C=O) groups is 1. The second kappa shape index (κ2) is 9.10. The molecule has 3 aromatic carbocycles. The van der Waals surface area contributed by atoms with Crippen LogP contribution in [-0.4, -0.2) is 32.1 Å². The molecule has 0 amide bonds. The Labute approximate surface area is 197 Å². The first-order valence-corrected chi connectivity index (χ1v) is 11.7. The Morgan fingerprint density at radius 1 is 1.00 bits per heavy atom. The Morgan fingerprint density at radius 2 is 1.75 bits per heavy atom. The number of rotatable bonds is 6. The number of halogens is 1. The lowest BCUT2D eigenvalue weighted by molar-refractivity contribution is 0.103. The molecule has 2 heterocycles. The van der Waals surface area contributed by atoms with Gasteiger partial charge in [-0.1, -0.05) is 88.4 Å². The quantitative estimate of drug-likeness (QED) is 0.337. The largest absolute Gasteiger partial charge is 0.485 e. The van der Waals surface area contributed by atoms with Crippen LogP contribution >= 0.6 is 27.7 Å². The summed E-state index contributed by atoms with van der Waals surface area (Å²) < 4.78 is 8.59. The zero-order valence-electron chi connectivity index (χ0n) is 16.8. The second-order valence-corrected chi connectivity index (χ2v) is 8.89. The normalized spacial score (nSPS) is 12.7. The summed E-state index contributed by atoms with van der Waals surface area (Å²) in [6, 6.07) is 24.6. The zero-order chi connectivity index (χ0) is 21.9. The van der Waals surface area contributed by atoms with Crippen LogP contribution in [0.2, 0.25) is 0 Å². The van der Waals surface area contributed by atoms with Gasteiger partial charge in [0.05, 0.1) is 11.3 Å². The van der Waals surface area contributed by atoms with Crippen LogP contribution < -0.4 is 4.74 Å². The number of nitrogens with zero attached hydrogens (tertiary/aromatic N) is 4. The molecule has 8 heteroatoms. The van der Waals surface area contributed by atoms with Crippen molar-refractivity contribution in [1.29, 1.82) is 0 Å². The Morgan fingerprint density at radius 3 is 2.53 bits per heavy atom. The van der Waals surface area contributed by atoms with Crippen molar-refractivity contribution in [3.05, 3.63) is 106 Å². The Balaban J connectivity index is 1.42. The SMILES string of the molecule is O=C(c1ccccc1)c1ccc(Br)cc1OCc1nnc2n1N=C(c1ccccc1)CS2. The van der Waals surface area contributed by atoms with Gasteiger partial charge < -0.3 is 4.74 Å². The van der Waals surface area contributed by atoms with Crippen LogP contribution in [0.3, 0.4) is 0 Å². The number of fused-ring (bicyclic) bond motifs is 1. The summed E-state index contributed by atoms with van der Waals surface area (Å²) in [4.78, 5) is 13.0. The van der Waals surface area contributed by atoms with Crippen LogP contribution in [-0.2, 0) is 6.61 Å². The molecule has 1 aliphatic heterocycles. The van der Waals surface area contributed by atoms with Gasteiger partial charge in [0.25, 0.3) is 0 Å². The predicted molar refractivity (Wildman–Crippen MR) is 127 cm³/mol. The van der Waals surface area contributed by atoms with Crippen LogP contribution in [0.5, 0.6) is 5.75 Å². The number of aromatic nitrogens is 3. The molecule has 0 bridgehead atoms. The third-order valence-electron chi connectivity index (χ3n) is 4.92. The van der Waals surface area contributed by atoms with Gasteiger partial charge in [-0.15, -0.1) is 10.2 Å². The minimum atomic E-state index is -0.101. The van der Waals surface area contributed by atoms with Crippen molar-refractivity contribution >= 4 is 39.2 Å². The third kappa shape index (κ3) is 4.24. The van der Waals surface area contributed by atoms with Crippen LogP contribution in [0.15, 0.2) is 93.6 Å². The molecule has 0 N–H and O–H groups in total. The lowest BCUT2D eigenvalue weighted by Crippen LogP contribution is -2.15. The van der Waals surface area contributed by atoms with E-state index in [-0.39, 0.29) is 12.4 Å². The van der Waals surface area contributed by atoms with Gasteiger partial charge in [0, 0.05) is 15.8 Å². The molecule has 0 aliphatic carbocycles. The van der Waals surface area contributed by atoms with Crippen molar-refractivity contribution < 1.29 is 9.53 Å². The van der Waals surface area contributed by atoms with E-state index in [0.29, 0.717) is 22.7 Å². The summed E-state index contributed by atoms with van der Waals surface area (Å²) >= 11 is 5.05. The molecule has 0 atom stereocenters. The highest BCUT2D eigenvalue weighted by Gasteiger charge is 2.21. The van der Waals surface area contributed by atoms with Crippen molar-refractivity contribution in [2.24, 2.45) is 5.10 Å². The lowest BCUT2D eigenvalue weighted by atomic mass is 10.0. The molecule has 0 saturated heterocycles. The van der Waals surface area contributed by atoms with Crippen LogP contribution in [0.4, 0.5) is 0 Å². The van der Waals surface area contributed by atoms with E-state index in [2.05, 4.69) is 26.1 Å². The maximum atomic E-state index is 13.0. The molecule has 5 rings (SSSR count). The number of ketones is 1. The van der Waals surface area contributed by atoms with Crippen LogP contribution in [0, 0.1) is 0 Å². The topological polar surface area (TPSA) is 69.4 Å². The van der Waals surface area contributed by atoms with Crippen molar-refractivity contribution in [1.82, 2.24) is 14.9 Å². The van der Waals surface area contributed by atoms with Crippen molar-refractivity contribution in [2.75, 3.05) is 5.75 Å². The molecule has 0 saturated carbocycles. The molecule has 0 fully saturated rings. The fraction of sp³-hybridized carbons (Fsp3) is 0.0833. The second-order valence-electron chi connectivity index (χ2n) is 7.04. The van der Waals surface area contributed by atoms with E-state index >= 15 is 0 Å². The molecular weight excluding hydrogens is 488 g/mol. The summed E-state index contributed by atoms with van der Waals surface area (Å²) in [7, 11) is 0. The Hall–Kier alpha value is -3.23. The first kappa shape index (κ1) is 20.7. The summed E-state index contributed by atoms with van der Waals surface area (Å²) in [6.07, 6.45) is 0. The average Bonchev–Trinajstić information content (AvgIpc) is 3.26. The smallest absolute Gasteiger partial charge is 0.212 e. The lowest BCUT2D eigenvalue weighted by Gasteiger charge is -2.15. The first-order chi connectivity index (χ1) is 15.7. The molecule has 6 nitrogen and oxygen atoms in total. The number of carbonyl (C=O) groups excluding carboxylic acids is 1. The molecule has 0 spiro atoms. The summed E-state index contributed by atoms with van der Waals surface area (Å²) in [5.41, 5.74) is 3.11. The van der Waals surface area contributed by atoms with E-state index < -0.39 is 0 Å². The molecule has 158 valence electrons. The van der Waals surface area contributed by atoms with Gasteiger partial charge in [0.15, 0.2) is 11.6 Å². The van der Waals surface area contributed by atoms with Gasteiger partial charge in [-0.3, -0.25) is 4.79 Å². The molecule has 0 radical (unpaired) electrons. The molecule has 32 heavy (non-hydrogen) atoms. The van der Waals surface area contributed by atoms with Crippen molar-refractivity contribution in [3.8, 4) is 5.75 Å². The van der Waals surface area contributed by atoms with Crippen LogP contribution in [0.1, 0.15) is 27.3 Å². The third-order valence-corrected chi connectivity index (χ3v) is 6.35. The van der Waals surface area contributed by atoms with E-state index in [1.807, 2.05) is 54.6 Å². The average molecular weight is 505 g/mol. The predicted octanol–water partition coefficient (Wildman–Crippen LogP) is 5.21. The van der Waals surface area contributed by atoms with E-state index in [9.17, 15) is 4.79 Å². The molecule has 0 unspecified atom stereocenters. The van der Waals surface area contributed by atoms with Gasteiger partial charge in [0.1, 0.15) is 12.4 Å². The minimum Gasteiger partial charge on any atom is -0.485 e. The van der Waals surface area contributed by atoms with Crippen molar-refractivity contribution in [2.45, 2.75) is 11.8 Å². The number of hydrogen-bond acceptors (Lipinski definition) is 6. The summed E-state index contributed by atoms with van der Waals surface area (Å²) in [6.45, 7) is 0.130. The minimum absolute atomic E-state index is 0.101. The van der Waals surface area contributed by atoms with Gasteiger partial charge in [-0.05, 0) is 23.8 Å². The Bertz CT molecular complexity index is 1310. The number of ether oxygens (including phenoxy) is 1. The van der Waals surface area contributed by atoms with E-state index in [1.54, 1.807) is 40.7 Å². The highest BCUT2D eigenvalue weighted by molar-refractivity contribution is 9.10. The molecule has 1 aliphatic rings. The monoisotopic (exact) mass is 504 g/mol. The van der Waals surface area contributed by atoms with Crippen LogP contribution in [0.25, 0.3) is 0 Å². The summed E-state index contributed by atoms with van der Waals surface area (Å²) in [5.74, 6) is 1.67. The molecular formula is C24H17BrN4O2S. The van der Waals surface area contributed by atoms with Gasteiger partial charge in [0.2, 0.25) is 5.16 Å². The van der Waals surface area contributed by atoms with Gasteiger partial charge >= 0.3 is 0 Å². The fourth-order valence-electron chi connectivity index (χ4n) is 3.32. The van der Waals surface area contributed by atoms with Crippen molar-refractivity contribution in [3.63, 3.8) is 0 Å². The van der Waals surface area contributed by atoms with E-state index in [4.69, 9.17) is 9.84 Å². The fourth-order valence-corrected chi connectivity index (χ4v) is 4.52. The van der Waals surface area contributed by atoms with E-state index in [1.165, 1.54) is 0 Å². The highest BCUT2D eigenvalue weighted by Crippen LogP contribution is 2.28. The maximum Gasteiger partial charge on any atom is 0.212 e. The first-order valence-electron chi connectivity index (χ1n) is 9.91. The van der Waals surface area contributed by atoms with Gasteiger partial charge in [-0.25, -0.2) is 0 Å². The number of benzene rings is 3. The standard InChI is InChI=1S/C24H17BrN4O2S/c25-18-11-12-19(23(30)17-9-5-2-6-10-17)21(13-18)31-14-22-26-27-24-29(22)28-20(15-32-24)16-7-3-1-4-8-16/h1-13H,14-15H2. The highest BCUT2D eigenvalue weighted by atomic mass is 79.9. The maximum absolute atomic E-state index is 13.0. The molecule has 4 aromatic rings. The molecule has 1 aromatic heterocycles. The number of hydrogen-bond donors (Lipinski definition) is 0. The van der Waals surface area contributed by atoms with Gasteiger partial charge in [-0.2, -0.15) is 9.78 Å². The zero-order valence-corrected chi connectivity index (χ0v) is 19.2. The summed E-state index contributed by atoms with van der Waals surface area (Å²) in [5, 5.41) is 14.0. The number of thioether (sulfide) groups is 1. The Kier molecular flexibility index (Phi) is 5.87. The van der Waals surface area contributed by atoms with E-state index in [0.717, 1.165) is 26.7 Å².